The van der Waals surface area contributed by atoms with Crippen LogP contribution in [-0.4, -0.2) is 35.4 Å². The lowest BCUT2D eigenvalue weighted by Gasteiger charge is -2.10. The highest BCUT2D eigenvalue weighted by Crippen LogP contribution is 2.26. The van der Waals surface area contributed by atoms with E-state index in [4.69, 9.17) is 21.1 Å². The quantitative estimate of drug-likeness (QED) is 0.575. The Hall–Kier alpha value is -2.97. The summed E-state index contributed by atoms with van der Waals surface area (Å²) in [7, 11) is 3.05. The second kappa shape index (κ2) is 9.49. The largest absolute Gasteiger partial charge is 0.495 e. The Morgan fingerprint density at radius 2 is 1.93 bits per heavy atom. The molecule has 0 bridgehead atoms. The van der Waals surface area contributed by atoms with Gasteiger partial charge in [-0.1, -0.05) is 35.5 Å². The maximum Gasteiger partial charge on any atom is 0.287 e. The van der Waals surface area contributed by atoms with E-state index in [1.165, 1.54) is 25.0 Å². The van der Waals surface area contributed by atoms with Crippen molar-refractivity contribution >= 4 is 35.0 Å². The number of halogens is 1. The van der Waals surface area contributed by atoms with Crippen molar-refractivity contribution in [3.63, 3.8) is 0 Å². The average Bonchev–Trinajstić information content (AvgIpc) is 2.73. The fourth-order valence-corrected chi connectivity index (χ4v) is 3.52. The van der Waals surface area contributed by atoms with Crippen molar-refractivity contribution < 1.29 is 14.3 Å². The van der Waals surface area contributed by atoms with Gasteiger partial charge in [0.1, 0.15) is 11.5 Å². The minimum atomic E-state index is -0.344. The van der Waals surface area contributed by atoms with Crippen molar-refractivity contribution in [3.8, 4) is 17.2 Å². The van der Waals surface area contributed by atoms with Crippen LogP contribution in [0, 0.1) is 0 Å². The van der Waals surface area contributed by atoms with E-state index in [1.54, 1.807) is 42.6 Å². The molecule has 9 heteroatoms. The summed E-state index contributed by atoms with van der Waals surface area (Å²) in [6.07, 6.45) is 3.04. The number of methoxy groups -OCH3 is 2. The van der Waals surface area contributed by atoms with Gasteiger partial charge in [-0.3, -0.25) is 14.2 Å². The van der Waals surface area contributed by atoms with Gasteiger partial charge in [-0.2, -0.15) is 0 Å². The number of nitrogens with one attached hydrogen (secondary N) is 1. The van der Waals surface area contributed by atoms with Gasteiger partial charge in [-0.05, 0) is 30.3 Å². The van der Waals surface area contributed by atoms with Crippen LogP contribution in [0.4, 0.5) is 5.69 Å². The monoisotopic (exact) mass is 431 g/mol. The molecule has 1 N–H and O–H groups in total. The van der Waals surface area contributed by atoms with Crippen LogP contribution in [0.25, 0.3) is 5.69 Å². The summed E-state index contributed by atoms with van der Waals surface area (Å²) < 4.78 is 11.8. The lowest BCUT2D eigenvalue weighted by Crippen LogP contribution is -2.22. The number of amides is 1. The van der Waals surface area contributed by atoms with Crippen LogP contribution >= 0.6 is 23.4 Å². The summed E-state index contributed by atoms with van der Waals surface area (Å²) in [5.74, 6) is 0.819. The van der Waals surface area contributed by atoms with E-state index in [9.17, 15) is 9.59 Å². The van der Waals surface area contributed by atoms with Gasteiger partial charge < -0.3 is 14.8 Å². The smallest absolute Gasteiger partial charge is 0.287 e. The fraction of sp³-hybridized carbons (Fsp3) is 0.150. The molecule has 3 aromatic rings. The molecule has 0 atom stereocenters. The van der Waals surface area contributed by atoms with Gasteiger partial charge >= 0.3 is 0 Å². The van der Waals surface area contributed by atoms with E-state index in [1.807, 2.05) is 6.07 Å². The number of nitrogens with zero attached hydrogens (tertiary/aromatic N) is 2. The molecular weight excluding hydrogens is 414 g/mol. The van der Waals surface area contributed by atoms with E-state index in [0.29, 0.717) is 27.9 Å². The summed E-state index contributed by atoms with van der Waals surface area (Å²) in [5, 5.41) is 3.36. The first kappa shape index (κ1) is 20.8. The van der Waals surface area contributed by atoms with E-state index in [0.717, 1.165) is 11.8 Å². The van der Waals surface area contributed by atoms with Gasteiger partial charge in [0.15, 0.2) is 5.03 Å². The third kappa shape index (κ3) is 4.90. The topological polar surface area (TPSA) is 82.5 Å². The third-order valence-corrected chi connectivity index (χ3v) is 5.20. The molecule has 150 valence electrons. The van der Waals surface area contributed by atoms with Crippen LogP contribution in [0.15, 0.2) is 64.7 Å². The highest BCUT2D eigenvalue weighted by atomic mass is 35.5. The molecule has 3 rings (SSSR count). The SMILES string of the molecule is COc1ccc(-n2ccnc(SCC(=O)Nc3ccccc3OC)c2=O)cc1Cl. The Morgan fingerprint density at radius 3 is 2.66 bits per heavy atom. The summed E-state index contributed by atoms with van der Waals surface area (Å²) in [4.78, 5) is 29.1. The Bertz CT molecular complexity index is 1090. The molecule has 1 amide bonds. The van der Waals surface area contributed by atoms with Gasteiger partial charge in [-0.15, -0.1) is 0 Å². The molecule has 0 spiro atoms. The van der Waals surface area contributed by atoms with Crippen LogP contribution in [0.1, 0.15) is 0 Å². The average molecular weight is 432 g/mol. The van der Waals surface area contributed by atoms with Crippen LogP contribution in [0.2, 0.25) is 5.02 Å². The number of carbonyl (C=O) groups excluding carboxylic acids is 1. The third-order valence-electron chi connectivity index (χ3n) is 3.94. The fourth-order valence-electron chi connectivity index (χ4n) is 2.57. The zero-order chi connectivity index (χ0) is 20.8. The number of thioether (sulfide) groups is 1. The molecule has 0 unspecified atom stereocenters. The van der Waals surface area contributed by atoms with E-state index < -0.39 is 0 Å². The maximum atomic E-state index is 12.8. The number of carbonyl (C=O) groups is 1. The maximum absolute atomic E-state index is 12.8. The summed E-state index contributed by atoms with van der Waals surface area (Å²) in [6, 6.07) is 12.1. The minimum Gasteiger partial charge on any atom is -0.495 e. The Balaban J connectivity index is 1.74. The second-order valence-electron chi connectivity index (χ2n) is 5.76. The molecule has 0 radical (unpaired) electrons. The van der Waals surface area contributed by atoms with Crippen molar-refractivity contribution in [3.05, 3.63) is 70.2 Å². The number of para-hydroxylation sites is 2. The number of hydrogen-bond acceptors (Lipinski definition) is 6. The molecule has 0 saturated heterocycles. The lowest BCUT2D eigenvalue weighted by atomic mass is 10.3. The van der Waals surface area contributed by atoms with Crippen molar-refractivity contribution in [2.45, 2.75) is 5.03 Å². The highest BCUT2D eigenvalue weighted by molar-refractivity contribution is 7.99. The molecule has 7 nitrogen and oxygen atoms in total. The van der Waals surface area contributed by atoms with Crippen LogP contribution < -0.4 is 20.3 Å². The minimum absolute atomic E-state index is 0.0215. The number of rotatable bonds is 7. The van der Waals surface area contributed by atoms with E-state index >= 15 is 0 Å². The summed E-state index contributed by atoms with van der Waals surface area (Å²) >= 11 is 7.21. The number of anilines is 1. The Kier molecular flexibility index (Phi) is 6.79. The van der Waals surface area contributed by atoms with E-state index in [-0.39, 0.29) is 22.2 Å². The first-order valence-corrected chi connectivity index (χ1v) is 9.87. The molecule has 2 aromatic carbocycles. The van der Waals surface area contributed by atoms with Crippen LogP contribution in [-0.2, 0) is 4.79 Å². The Labute approximate surface area is 176 Å². The van der Waals surface area contributed by atoms with Gasteiger partial charge in [-0.25, -0.2) is 4.98 Å². The summed E-state index contributed by atoms with van der Waals surface area (Å²) in [5.41, 5.74) is 0.791. The predicted molar refractivity (Wildman–Crippen MR) is 114 cm³/mol. The predicted octanol–water partition coefficient (Wildman–Crippen LogP) is 3.63. The number of ether oxygens (including phenoxy) is 2. The summed E-state index contributed by atoms with van der Waals surface area (Å²) in [6.45, 7) is 0. The van der Waals surface area contributed by atoms with Crippen LogP contribution in [0.5, 0.6) is 11.5 Å². The van der Waals surface area contributed by atoms with Crippen molar-refractivity contribution in [2.75, 3.05) is 25.3 Å². The Morgan fingerprint density at radius 1 is 1.17 bits per heavy atom. The van der Waals surface area contributed by atoms with Crippen molar-refractivity contribution in [1.82, 2.24) is 9.55 Å². The highest BCUT2D eigenvalue weighted by Gasteiger charge is 2.12. The molecule has 0 aliphatic rings. The second-order valence-corrected chi connectivity index (χ2v) is 7.13. The first-order valence-electron chi connectivity index (χ1n) is 8.50. The van der Waals surface area contributed by atoms with Gasteiger partial charge in [0, 0.05) is 12.4 Å². The number of benzene rings is 2. The standard InChI is InChI=1S/C20H18ClN3O4S/c1-27-16-8-7-13(11-14(16)21)24-10-9-22-19(20(24)26)29-12-18(25)23-15-5-3-4-6-17(15)28-2/h3-11H,12H2,1-2H3,(H,23,25). The van der Waals surface area contributed by atoms with Crippen LogP contribution in [0.3, 0.4) is 0 Å². The molecular formula is C20H18ClN3O4S. The molecule has 0 fully saturated rings. The molecule has 29 heavy (non-hydrogen) atoms. The molecule has 0 aliphatic carbocycles. The zero-order valence-corrected chi connectivity index (χ0v) is 17.3. The zero-order valence-electron chi connectivity index (χ0n) is 15.7. The molecule has 0 aliphatic heterocycles. The van der Waals surface area contributed by atoms with Gasteiger partial charge in [0.05, 0.1) is 36.4 Å². The van der Waals surface area contributed by atoms with Gasteiger partial charge in [0.25, 0.3) is 5.56 Å². The van der Waals surface area contributed by atoms with Crippen molar-refractivity contribution in [2.24, 2.45) is 0 Å². The van der Waals surface area contributed by atoms with Crippen molar-refractivity contribution in [1.29, 1.82) is 0 Å². The number of hydrogen-bond donors (Lipinski definition) is 1. The van der Waals surface area contributed by atoms with Gasteiger partial charge in [0.2, 0.25) is 5.91 Å². The number of aromatic nitrogens is 2. The lowest BCUT2D eigenvalue weighted by molar-refractivity contribution is -0.113. The molecule has 0 saturated carbocycles. The first-order chi connectivity index (χ1) is 14.0. The van der Waals surface area contributed by atoms with E-state index in [2.05, 4.69) is 10.3 Å². The molecule has 1 heterocycles. The molecule has 1 aromatic heterocycles. The normalized spacial score (nSPS) is 10.4.